The molecule has 0 aromatic heterocycles. The van der Waals surface area contributed by atoms with Gasteiger partial charge in [0.25, 0.3) is 0 Å². The van der Waals surface area contributed by atoms with Crippen LogP contribution in [0.5, 0.6) is 23.0 Å². The van der Waals surface area contributed by atoms with Crippen molar-refractivity contribution >= 4 is 23.2 Å². The fourth-order valence-corrected chi connectivity index (χ4v) is 5.23. The van der Waals surface area contributed by atoms with Crippen molar-refractivity contribution in [2.45, 2.75) is 11.7 Å². The molecule has 4 unspecified atom stereocenters. The Morgan fingerprint density at radius 2 is 1.71 bits per heavy atom. The zero-order chi connectivity index (χ0) is 24.0. The number of nitrogens with zero attached hydrogens (tertiary/aromatic N) is 1. The van der Waals surface area contributed by atoms with E-state index in [2.05, 4.69) is 5.32 Å². The lowest BCUT2D eigenvalue weighted by molar-refractivity contribution is -0.128. The minimum Gasteiger partial charge on any atom is -0.495 e. The highest BCUT2D eigenvalue weighted by atomic mass is 16.5. The van der Waals surface area contributed by atoms with Gasteiger partial charge in [-0.3, -0.25) is 9.59 Å². The summed E-state index contributed by atoms with van der Waals surface area (Å²) in [7, 11) is 6.08. The summed E-state index contributed by atoms with van der Waals surface area (Å²) in [4.78, 5) is 28.7. The van der Waals surface area contributed by atoms with Crippen molar-refractivity contribution < 1.29 is 33.3 Å². The standard InChI is InChI=1S/C25H26N2O7/c1-30-16-8-6-5-7-15(16)27-13-25-10-9-17(34-25)20(21(25)24(27)29)23(28)26-14-11-18(31-2)22(33-4)19(12-14)32-3/h5-12,17,20-21H,13H2,1-4H3,(H,26,28). The number of ether oxygens (including phenoxy) is 5. The first kappa shape index (κ1) is 22.1. The summed E-state index contributed by atoms with van der Waals surface area (Å²) < 4.78 is 27.8. The van der Waals surface area contributed by atoms with E-state index < -0.39 is 23.5 Å². The maximum atomic E-state index is 13.6. The summed E-state index contributed by atoms with van der Waals surface area (Å²) in [5.74, 6) is 0.0302. The molecule has 2 amide bonds. The van der Waals surface area contributed by atoms with Crippen LogP contribution in [0.1, 0.15) is 0 Å². The predicted octanol–water partition coefficient (Wildman–Crippen LogP) is 2.65. The number of nitrogens with one attached hydrogen (secondary N) is 1. The molecule has 2 fully saturated rings. The normalized spacial score (nSPS) is 26.4. The second-order valence-electron chi connectivity index (χ2n) is 8.40. The summed E-state index contributed by atoms with van der Waals surface area (Å²) in [6, 6.07) is 10.6. The van der Waals surface area contributed by atoms with Crippen LogP contribution in [0.3, 0.4) is 0 Å². The number of fused-ring (bicyclic) bond motifs is 1. The topological polar surface area (TPSA) is 95.6 Å². The summed E-state index contributed by atoms with van der Waals surface area (Å²) >= 11 is 0. The maximum absolute atomic E-state index is 13.6. The number of methoxy groups -OCH3 is 4. The Balaban J connectivity index is 1.44. The number of carbonyl (C=O) groups is 2. The van der Waals surface area contributed by atoms with Crippen molar-refractivity contribution in [2.24, 2.45) is 11.8 Å². The van der Waals surface area contributed by atoms with Crippen molar-refractivity contribution in [1.29, 1.82) is 0 Å². The van der Waals surface area contributed by atoms with Gasteiger partial charge in [-0.1, -0.05) is 24.3 Å². The molecule has 3 heterocycles. The molecule has 3 aliphatic heterocycles. The van der Waals surface area contributed by atoms with Crippen LogP contribution in [0.25, 0.3) is 0 Å². The zero-order valence-electron chi connectivity index (χ0n) is 19.4. The van der Waals surface area contributed by atoms with Crippen LogP contribution < -0.4 is 29.2 Å². The lowest BCUT2D eigenvalue weighted by Gasteiger charge is -2.24. The molecule has 0 aliphatic carbocycles. The molecular weight excluding hydrogens is 440 g/mol. The number of anilines is 2. The Kier molecular flexibility index (Phi) is 5.36. The smallest absolute Gasteiger partial charge is 0.234 e. The molecule has 3 aliphatic rings. The van der Waals surface area contributed by atoms with Crippen molar-refractivity contribution in [1.82, 2.24) is 0 Å². The van der Waals surface area contributed by atoms with Crippen LogP contribution >= 0.6 is 0 Å². The van der Waals surface area contributed by atoms with Crippen molar-refractivity contribution in [3.63, 3.8) is 0 Å². The van der Waals surface area contributed by atoms with Gasteiger partial charge in [0.05, 0.1) is 58.6 Å². The Bertz CT molecular complexity index is 1150. The van der Waals surface area contributed by atoms with E-state index in [9.17, 15) is 9.59 Å². The number of hydrogen-bond donors (Lipinski definition) is 1. The van der Waals surface area contributed by atoms with E-state index in [1.807, 2.05) is 30.4 Å². The largest absolute Gasteiger partial charge is 0.495 e. The lowest BCUT2D eigenvalue weighted by Crippen LogP contribution is -2.41. The number of benzene rings is 2. The van der Waals surface area contributed by atoms with Gasteiger partial charge in [-0.05, 0) is 12.1 Å². The number of para-hydroxylation sites is 2. The van der Waals surface area contributed by atoms with E-state index in [1.165, 1.54) is 21.3 Å². The first-order valence-electron chi connectivity index (χ1n) is 10.9. The van der Waals surface area contributed by atoms with Crippen molar-refractivity contribution in [2.75, 3.05) is 45.2 Å². The van der Waals surface area contributed by atoms with E-state index in [4.69, 9.17) is 23.7 Å². The Morgan fingerprint density at radius 3 is 2.35 bits per heavy atom. The molecule has 5 rings (SSSR count). The highest BCUT2D eigenvalue weighted by Gasteiger charge is 2.67. The minimum absolute atomic E-state index is 0.165. The summed E-state index contributed by atoms with van der Waals surface area (Å²) in [5.41, 5.74) is 0.273. The Labute approximate surface area is 197 Å². The average Bonchev–Trinajstić information content (AvgIpc) is 3.51. The maximum Gasteiger partial charge on any atom is 0.234 e. The molecule has 178 valence electrons. The van der Waals surface area contributed by atoms with Gasteiger partial charge in [0.1, 0.15) is 11.4 Å². The number of amides is 2. The molecule has 2 bridgehead atoms. The number of hydrogen-bond acceptors (Lipinski definition) is 7. The number of carbonyl (C=O) groups excluding carboxylic acids is 2. The fraction of sp³-hybridized carbons (Fsp3) is 0.360. The highest BCUT2D eigenvalue weighted by molar-refractivity contribution is 6.06. The van der Waals surface area contributed by atoms with E-state index >= 15 is 0 Å². The molecule has 9 nitrogen and oxygen atoms in total. The van der Waals surface area contributed by atoms with Crippen LogP contribution in [-0.4, -0.2) is 58.5 Å². The van der Waals surface area contributed by atoms with Gasteiger partial charge in [-0.2, -0.15) is 0 Å². The van der Waals surface area contributed by atoms with E-state index in [0.29, 0.717) is 40.9 Å². The van der Waals surface area contributed by atoms with Crippen molar-refractivity contribution in [3.05, 3.63) is 48.6 Å². The first-order valence-corrected chi connectivity index (χ1v) is 10.9. The van der Waals surface area contributed by atoms with Gasteiger partial charge in [-0.15, -0.1) is 0 Å². The Hall–Kier alpha value is -3.72. The molecule has 0 radical (unpaired) electrons. The molecule has 0 saturated carbocycles. The third kappa shape index (κ3) is 3.19. The predicted molar refractivity (Wildman–Crippen MR) is 124 cm³/mol. The Morgan fingerprint density at radius 1 is 1.03 bits per heavy atom. The second kappa shape index (κ2) is 8.25. The van der Waals surface area contributed by atoms with E-state index in [0.717, 1.165) is 0 Å². The molecule has 1 N–H and O–H groups in total. The molecule has 2 aromatic carbocycles. The van der Waals surface area contributed by atoms with Gasteiger partial charge in [0.15, 0.2) is 11.5 Å². The average molecular weight is 466 g/mol. The van der Waals surface area contributed by atoms with Gasteiger partial charge in [-0.25, -0.2) is 0 Å². The van der Waals surface area contributed by atoms with Crippen molar-refractivity contribution in [3.8, 4) is 23.0 Å². The molecule has 9 heteroatoms. The first-order chi connectivity index (χ1) is 16.5. The third-order valence-corrected chi connectivity index (χ3v) is 6.71. The fourth-order valence-electron chi connectivity index (χ4n) is 5.23. The van der Waals surface area contributed by atoms with Crippen LogP contribution in [-0.2, 0) is 14.3 Å². The molecular formula is C25H26N2O7. The summed E-state index contributed by atoms with van der Waals surface area (Å²) in [6.07, 6.45) is 3.31. The van der Waals surface area contributed by atoms with E-state index in [1.54, 1.807) is 30.2 Å². The van der Waals surface area contributed by atoms with Crippen LogP contribution in [0.2, 0.25) is 0 Å². The molecule has 1 spiro atoms. The lowest BCUT2D eigenvalue weighted by atomic mass is 9.76. The second-order valence-corrected chi connectivity index (χ2v) is 8.40. The van der Waals surface area contributed by atoms with Crippen LogP contribution in [0, 0.1) is 11.8 Å². The number of rotatable bonds is 7. The third-order valence-electron chi connectivity index (χ3n) is 6.71. The molecule has 2 saturated heterocycles. The van der Waals surface area contributed by atoms with Gasteiger partial charge in [0.2, 0.25) is 17.6 Å². The van der Waals surface area contributed by atoms with Crippen LogP contribution in [0.4, 0.5) is 11.4 Å². The SMILES string of the molecule is COc1ccccc1N1CC23C=CC(O2)C(C(=O)Nc2cc(OC)c(OC)c(OC)c2)C3C1=O. The monoisotopic (exact) mass is 466 g/mol. The minimum atomic E-state index is -0.847. The molecule has 2 aromatic rings. The van der Waals surface area contributed by atoms with Gasteiger partial charge >= 0.3 is 0 Å². The quantitative estimate of drug-likeness (QED) is 0.627. The highest BCUT2D eigenvalue weighted by Crippen LogP contribution is 2.53. The molecule has 4 atom stereocenters. The van der Waals surface area contributed by atoms with Crippen LogP contribution in [0.15, 0.2) is 48.6 Å². The summed E-state index contributed by atoms with van der Waals surface area (Å²) in [6.45, 7) is 0.317. The molecule has 34 heavy (non-hydrogen) atoms. The van der Waals surface area contributed by atoms with Gasteiger partial charge < -0.3 is 33.9 Å². The zero-order valence-corrected chi connectivity index (χ0v) is 19.4. The summed E-state index contributed by atoms with van der Waals surface area (Å²) in [5, 5.41) is 2.91. The van der Waals surface area contributed by atoms with E-state index in [-0.39, 0.29) is 11.8 Å². The van der Waals surface area contributed by atoms with Gasteiger partial charge in [0, 0.05) is 17.8 Å².